The standard InChI is InChI=1S/C31H43F2N5O3/c1-19-13-36(25(12-34-19)14-37-20(2)16-41-17-21(37)3)15-28(39)38-18-31(4,5)29-27(38)10-23(30(40)35(29)6)9-22-7-8-24(32)11-26(22)33/h7-8,10-11,19-21,25,34H,9,12-18H2,1-6H3/t19-,20-,21-,25-/m1/s1. The monoisotopic (exact) mass is 571 g/mol. The van der Waals surface area contributed by atoms with Gasteiger partial charge in [0, 0.05) is 80.9 Å². The predicted molar refractivity (Wildman–Crippen MR) is 156 cm³/mol. The molecular weight excluding hydrogens is 528 g/mol. The average Bonchev–Trinajstić information content (AvgIpc) is 3.17. The van der Waals surface area contributed by atoms with E-state index in [2.05, 4.69) is 35.9 Å². The molecule has 3 aliphatic rings. The van der Waals surface area contributed by atoms with E-state index >= 15 is 0 Å². The van der Waals surface area contributed by atoms with Gasteiger partial charge in [0.1, 0.15) is 11.6 Å². The number of halogens is 2. The van der Waals surface area contributed by atoms with Crippen molar-refractivity contribution in [3.05, 3.63) is 63.1 Å². The third-order valence-corrected chi connectivity index (χ3v) is 8.99. The second kappa shape index (κ2) is 11.6. The molecule has 1 aromatic carbocycles. The van der Waals surface area contributed by atoms with Crippen LogP contribution in [0.15, 0.2) is 29.1 Å². The first kappa shape index (κ1) is 29.8. The molecule has 4 atom stereocenters. The summed E-state index contributed by atoms with van der Waals surface area (Å²) >= 11 is 0. The highest BCUT2D eigenvalue weighted by molar-refractivity contribution is 5.97. The Bertz CT molecular complexity index is 1350. The van der Waals surface area contributed by atoms with Gasteiger partial charge in [-0.25, -0.2) is 8.78 Å². The summed E-state index contributed by atoms with van der Waals surface area (Å²) < 4.78 is 35.3. The van der Waals surface area contributed by atoms with Crippen molar-refractivity contribution in [2.75, 3.05) is 50.8 Å². The maximum Gasteiger partial charge on any atom is 0.254 e. The van der Waals surface area contributed by atoms with E-state index in [1.54, 1.807) is 22.6 Å². The lowest BCUT2D eigenvalue weighted by Crippen LogP contribution is -2.63. The zero-order valence-corrected chi connectivity index (χ0v) is 25.0. The van der Waals surface area contributed by atoms with Crippen LogP contribution in [0.5, 0.6) is 0 Å². The number of fused-ring (bicyclic) bond motifs is 1. The van der Waals surface area contributed by atoms with Gasteiger partial charge in [0.05, 0.1) is 31.1 Å². The maximum absolute atomic E-state index is 14.5. The van der Waals surface area contributed by atoms with Gasteiger partial charge in [-0.3, -0.25) is 19.4 Å². The van der Waals surface area contributed by atoms with Gasteiger partial charge in [-0.15, -0.1) is 0 Å². The van der Waals surface area contributed by atoms with Gasteiger partial charge in [0.25, 0.3) is 5.56 Å². The van der Waals surface area contributed by atoms with Crippen LogP contribution >= 0.6 is 0 Å². The van der Waals surface area contributed by atoms with Gasteiger partial charge in [-0.05, 0) is 38.5 Å². The molecule has 2 aromatic rings. The number of morpholine rings is 1. The summed E-state index contributed by atoms with van der Waals surface area (Å²) in [7, 11) is 1.71. The van der Waals surface area contributed by atoms with Crippen molar-refractivity contribution in [2.24, 2.45) is 7.05 Å². The van der Waals surface area contributed by atoms with E-state index in [1.807, 2.05) is 13.8 Å². The molecule has 3 aliphatic heterocycles. The maximum atomic E-state index is 14.5. The number of anilines is 1. The molecule has 1 amide bonds. The number of nitrogens with zero attached hydrogens (tertiary/aromatic N) is 4. The zero-order valence-electron chi connectivity index (χ0n) is 25.0. The lowest BCUT2D eigenvalue weighted by molar-refractivity contribution is -0.121. The number of aromatic nitrogens is 1. The Kier molecular flexibility index (Phi) is 8.40. The zero-order chi connectivity index (χ0) is 29.6. The normalized spacial score (nSPS) is 26.8. The number of amides is 1. The first-order valence-electron chi connectivity index (χ1n) is 14.6. The SMILES string of the molecule is C[C@@H]1CN(CC(=O)N2CC(C)(C)c3c2cc(Cc2ccc(F)cc2F)c(=O)n3C)[C@@H](CN2[C@H](C)COC[C@H]2C)CN1. The van der Waals surface area contributed by atoms with E-state index < -0.39 is 17.0 Å². The highest BCUT2D eigenvalue weighted by Gasteiger charge is 2.42. The van der Waals surface area contributed by atoms with Crippen LogP contribution in [0.25, 0.3) is 0 Å². The van der Waals surface area contributed by atoms with Gasteiger partial charge < -0.3 is 19.5 Å². The molecule has 8 nitrogen and oxygen atoms in total. The molecule has 10 heteroatoms. The molecule has 2 fully saturated rings. The third-order valence-electron chi connectivity index (χ3n) is 8.99. The Morgan fingerprint density at radius 1 is 1.10 bits per heavy atom. The Balaban J connectivity index is 1.41. The van der Waals surface area contributed by atoms with Gasteiger partial charge in [0.15, 0.2) is 0 Å². The van der Waals surface area contributed by atoms with Crippen LogP contribution in [-0.4, -0.2) is 90.4 Å². The van der Waals surface area contributed by atoms with Crippen LogP contribution in [-0.2, 0) is 28.4 Å². The van der Waals surface area contributed by atoms with Crippen molar-refractivity contribution in [2.45, 2.75) is 70.6 Å². The number of rotatable bonds is 6. The fourth-order valence-corrected chi connectivity index (χ4v) is 6.87. The van der Waals surface area contributed by atoms with Crippen molar-refractivity contribution in [1.29, 1.82) is 0 Å². The van der Waals surface area contributed by atoms with Crippen molar-refractivity contribution >= 4 is 11.6 Å². The minimum Gasteiger partial charge on any atom is -0.378 e. The Hall–Kier alpha value is -2.66. The Morgan fingerprint density at radius 2 is 1.80 bits per heavy atom. The molecule has 0 unspecified atom stereocenters. The van der Waals surface area contributed by atoms with Crippen LogP contribution in [0.1, 0.15) is 51.4 Å². The molecule has 1 aromatic heterocycles. The van der Waals surface area contributed by atoms with Crippen LogP contribution in [0, 0.1) is 11.6 Å². The first-order valence-corrected chi connectivity index (χ1v) is 14.6. The molecule has 4 heterocycles. The van der Waals surface area contributed by atoms with E-state index in [9.17, 15) is 18.4 Å². The molecular formula is C31H43F2N5O3. The molecule has 2 saturated heterocycles. The summed E-state index contributed by atoms with van der Waals surface area (Å²) in [6.45, 7) is 15.1. The van der Waals surface area contributed by atoms with Crippen molar-refractivity contribution in [1.82, 2.24) is 19.7 Å². The van der Waals surface area contributed by atoms with Gasteiger partial charge >= 0.3 is 0 Å². The molecule has 41 heavy (non-hydrogen) atoms. The number of carbonyl (C=O) groups excluding carboxylic acids is 1. The molecule has 0 spiro atoms. The minimum absolute atomic E-state index is 0.0157. The summed E-state index contributed by atoms with van der Waals surface area (Å²) in [5.74, 6) is -1.37. The molecule has 0 saturated carbocycles. The molecule has 5 rings (SSSR count). The van der Waals surface area contributed by atoms with E-state index in [1.165, 1.54) is 12.1 Å². The minimum atomic E-state index is -0.691. The fourth-order valence-electron chi connectivity index (χ4n) is 6.87. The summed E-state index contributed by atoms with van der Waals surface area (Å²) in [5, 5.41) is 3.59. The van der Waals surface area contributed by atoms with E-state index in [0.717, 1.165) is 31.4 Å². The number of benzene rings is 1. The fraction of sp³-hybridized carbons (Fsp3) is 0.613. The van der Waals surface area contributed by atoms with Crippen LogP contribution in [0.2, 0.25) is 0 Å². The number of pyridine rings is 1. The first-order chi connectivity index (χ1) is 19.4. The topological polar surface area (TPSA) is 70.1 Å². The summed E-state index contributed by atoms with van der Waals surface area (Å²) in [4.78, 5) is 34.0. The summed E-state index contributed by atoms with van der Waals surface area (Å²) in [6.07, 6.45) is 0.0157. The largest absolute Gasteiger partial charge is 0.378 e. The van der Waals surface area contributed by atoms with Crippen molar-refractivity contribution in [3.63, 3.8) is 0 Å². The number of hydrogen-bond acceptors (Lipinski definition) is 6. The average molecular weight is 572 g/mol. The molecule has 0 radical (unpaired) electrons. The lowest BCUT2D eigenvalue weighted by Gasteiger charge is -2.46. The van der Waals surface area contributed by atoms with E-state index in [0.29, 0.717) is 43.1 Å². The number of carbonyl (C=O) groups is 1. The molecule has 0 bridgehead atoms. The molecule has 1 N–H and O–H groups in total. The number of piperazine rings is 1. The number of nitrogens with one attached hydrogen (secondary N) is 1. The number of hydrogen-bond donors (Lipinski definition) is 1. The molecule has 0 aliphatic carbocycles. The van der Waals surface area contributed by atoms with Gasteiger partial charge in [-0.2, -0.15) is 0 Å². The smallest absolute Gasteiger partial charge is 0.254 e. The van der Waals surface area contributed by atoms with Crippen molar-refractivity contribution in [3.8, 4) is 0 Å². The predicted octanol–water partition coefficient (Wildman–Crippen LogP) is 2.65. The van der Waals surface area contributed by atoms with Crippen molar-refractivity contribution < 1.29 is 18.3 Å². The van der Waals surface area contributed by atoms with Crippen LogP contribution in [0.4, 0.5) is 14.5 Å². The second-order valence-corrected chi connectivity index (χ2v) is 12.9. The van der Waals surface area contributed by atoms with E-state index in [-0.39, 0.29) is 42.1 Å². The lowest BCUT2D eigenvalue weighted by atomic mass is 9.90. The van der Waals surface area contributed by atoms with E-state index in [4.69, 9.17) is 4.74 Å². The van der Waals surface area contributed by atoms with Crippen LogP contribution < -0.4 is 15.8 Å². The van der Waals surface area contributed by atoms with Gasteiger partial charge in [0.2, 0.25) is 5.91 Å². The quantitative estimate of drug-likeness (QED) is 0.575. The Morgan fingerprint density at radius 3 is 2.49 bits per heavy atom. The molecule has 224 valence electrons. The Labute approximate surface area is 241 Å². The van der Waals surface area contributed by atoms with Crippen LogP contribution in [0.3, 0.4) is 0 Å². The summed E-state index contributed by atoms with van der Waals surface area (Å²) in [6, 6.07) is 6.19. The third kappa shape index (κ3) is 5.98. The second-order valence-electron chi connectivity index (χ2n) is 12.9. The summed E-state index contributed by atoms with van der Waals surface area (Å²) in [5.41, 5.74) is 1.42. The van der Waals surface area contributed by atoms with Gasteiger partial charge in [-0.1, -0.05) is 19.9 Å². The highest BCUT2D eigenvalue weighted by atomic mass is 19.1. The number of ether oxygens (including phenoxy) is 1. The highest BCUT2D eigenvalue weighted by Crippen LogP contribution is 2.40.